The first-order chi connectivity index (χ1) is 12.1. The van der Waals surface area contributed by atoms with E-state index < -0.39 is 0 Å². The van der Waals surface area contributed by atoms with Crippen LogP contribution in [-0.4, -0.2) is 53.6 Å². The summed E-state index contributed by atoms with van der Waals surface area (Å²) in [6, 6.07) is 10.4. The molecule has 0 aliphatic carbocycles. The first-order valence-electron chi connectivity index (χ1n) is 9.02. The van der Waals surface area contributed by atoms with E-state index in [-0.39, 0.29) is 0 Å². The Labute approximate surface area is 150 Å². The molecular formula is C20H28N4O. The Kier molecular flexibility index (Phi) is 6.00. The number of aryl methyl sites for hydroxylation is 1. The fourth-order valence-corrected chi connectivity index (χ4v) is 3.46. The molecule has 0 amide bonds. The van der Waals surface area contributed by atoms with Gasteiger partial charge in [-0.3, -0.25) is 4.90 Å². The zero-order valence-electron chi connectivity index (χ0n) is 15.5. The number of benzene rings is 1. The molecule has 1 fully saturated rings. The summed E-state index contributed by atoms with van der Waals surface area (Å²) in [5, 5.41) is 0. The highest BCUT2D eigenvalue weighted by molar-refractivity contribution is 5.23. The largest absolute Gasteiger partial charge is 0.492 e. The Morgan fingerprint density at radius 3 is 2.80 bits per heavy atom. The predicted molar refractivity (Wildman–Crippen MR) is 99.6 cm³/mol. The molecule has 0 saturated carbocycles. The second-order valence-electron chi connectivity index (χ2n) is 6.92. The van der Waals surface area contributed by atoms with Gasteiger partial charge in [-0.1, -0.05) is 18.2 Å². The highest BCUT2D eigenvalue weighted by atomic mass is 16.5. The van der Waals surface area contributed by atoms with E-state index >= 15 is 0 Å². The topological polar surface area (TPSA) is 41.5 Å². The molecule has 2 aromatic rings. The van der Waals surface area contributed by atoms with Gasteiger partial charge in [0.15, 0.2) is 0 Å². The van der Waals surface area contributed by atoms with Crippen LogP contribution in [0.1, 0.15) is 36.0 Å². The molecule has 25 heavy (non-hydrogen) atoms. The van der Waals surface area contributed by atoms with Crippen LogP contribution < -0.4 is 4.74 Å². The maximum atomic E-state index is 5.89. The lowest BCUT2D eigenvalue weighted by atomic mass is 10.1. The van der Waals surface area contributed by atoms with Crippen molar-refractivity contribution < 1.29 is 4.74 Å². The zero-order valence-corrected chi connectivity index (χ0v) is 15.5. The van der Waals surface area contributed by atoms with Crippen LogP contribution >= 0.6 is 0 Å². The molecule has 1 saturated heterocycles. The molecule has 1 aromatic heterocycles. The summed E-state index contributed by atoms with van der Waals surface area (Å²) in [4.78, 5) is 13.9. The molecule has 1 aliphatic rings. The second kappa shape index (κ2) is 8.41. The molecule has 1 atom stereocenters. The van der Waals surface area contributed by atoms with Crippen LogP contribution in [0, 0.1) is 6.92 Å². The summed E-state index contributed by atoms with van der Waals surface area (Å²) < 4.78 is 5.89. The third-order valence-corrected chi connectivity index (χ3v) is 4.57. The van der Waals surface area contributed by atoms with Crippen molar-refractivity contribution in [2.45, 2.75) is 32.4 Å². The van der Waals surface area contributed by atoms with Crippen molar-refractivity contribution in [3.63, 3.8) is 0 Å². The smallest absolute Gasteiger partial charge is 0.125 e. The summed E-state index contributed by atoms with van der Waals surface area (Å²) >= 11 is 0. The monoisotopic (exact) mass is 340 g/mol. The van der Waals surface area contributed by atoms with Gasteiger partial charge in [0.25, 0.3) is 0 Å². The zero-order chi connectivity index (χ0) is 17.6. The molecule has 5 nitrogen and oxygen atoms in total. The van der Waals surface area contributed by atoms with E-state index in [0.29, 0.717) is 12.6 Å². The van der Waals surface area contributed by atoms with Gasteiger partial charge in [0.2, 0.25) is 0 Å². The SMILES string of the molecule is Cc1ncc(CN(C)C)c([C@H]2CCCN2CCOc2ccccc2)n1. The summed E-state index contributed by atoms with van der Waals surface area (Å²) in [6.07, 6.45) is 4.36. The molecule has 0 spiro atoms. The molecule has 0 bridgehead atoms. The summed E-state index contributed by atoms with van der Waals surface area (Å²) in [5.41, 5.74) is 2.43. The van der Waals surface area contributed by atoms with Crippen molar-refractivity contribution in [3.05, 3.63) is 53.6 Å². The number of nitrogens with zero attached hydrogens (tertiary/aromatic N) is 4. The molecule has 5 heteroatoms. The average Bonchev–Trinajstić information content (AvgIpc) is 3.05. The van der Waals surface area contributed by atoms with Crippen molar-refractivity contribution in [3.8, 4) is 5.75 Å². The number of rotatable bonds is 7. The molecule has 0 N–H and O–H groups in total. The van der Waals surface area contributed by atoms with E-state index in [4.69, 9.17) is 9.72 Å². The quantitative estimate of drug-likeness (QED) is 0.775. The minimum atomic E-state index is 0.371. The lowest BCUT2D eigenvalue weighted by Crippen LogP contribution is -2.30. The van der Waals surface area contributed by atoms with Crippen molar-refractivity contribution in [1.82, 2.24) is 19.8 Å². The number of aromatic nitrogens is 2. The minimum Gasteiger partial charge on any atom is -0.492 e. The van der Waals surface area contributed by atoms with Crippen LogP contribution in [0.2, 0.25) is 0 Å². The molecule has 0 radical (unpaired) electrons. The summed E-state index contributed by atoms with van der Waals surface area (Å²) in [5.74, 6) is 1.79. The Morgan fingerprint density at radius 1 is 1.24 bits per heavy atom. The van der Waals surface area contributed by atoms with Crippen LogP contribution in [0.4, 0.5) is 0 Å². The first-order valence-corrected chi connectivity index (χ1v) is 9.02. The summed E-state index contributed by atoms with van der Waals surface area (Å²) in [6.45, 7) is 5.58. The van der Waals surface area contributed by atoms with Gasteiger partial charge < -0.3 is 9.64 Å². The van der Waals surface area contributed by atoms with Crippen LogP contribution in [0.25, 0.3) is 0 Å². The van der Waals surface area contributed by atoms with Crippen LogP contribution in [0.3, 0.4) is 0 Å². The first kappa shape index (κ1) is 17.8. The minimum absolute atomic E-state index is 0.371. The summed E-state index contributed by atoms with van der Waals surface area (Å²) in [7, 11) is 4.17. The van der Waals surface area contributed by atoms with E-state index in [9.17, 15) is 0 Å². The van der Waals surface area contributed by atoms with Gasteiger partial charge in [-0.2, -0.15) is 0 Å². The lowest BCUT2D eigenvalue weighted by Gasteiger charge is -2.26. The van der Waals surface area contributed by atoms with Gasteiger partial charge >= 0.3 is 0 Å². The van der Waals surface area contributed by atoms with E-state index in [2.05, 4.69) is 28.9 Å². The third-order valence-electron chi connectivity index (χ3n) is 4.57. The van der Waals surface area contributed by atoms with E-state index in [0.717, 1.165) is 37.6 Å². The second-order valence-corrected chi connectivity index (χ2v) is 6.92. The van der Waals surface area contributed by atoms with Crippen molar-refractivity contribution >= 4 is 0 Å². The van der Waals surface area contributed by atoms with Gasteiger partial charge in [-0.15, -0.1) is 0 Å². The van der Waals surface area contributed by atoms with Crippen molar-refractivity contribution in [2.75, 3.05) is 33.8 Å². The van der Waals surface area contributed by atoms with E-state index in [1.54, 1.807) is 0 Å². The number of hydrogen-bond acceptors (Lipinski definition) is 5. The molecular weight excluding hydrogens is 312 g/mol. The van der Waals surface area contributed by atoms with Gasteiger partial charge in [0.05, 0.1) is 11.7 Å². The number of hydrogen-bond donors (Lipinski definition) is 0. The number of ether oxygens (including phenoxy) is 1. The van der Waals surface area contributed by atoms with Crippen LogP contribution in [0.15, 0.2) is 36.5 Å². The van der Waals surface area contributed by atoms with Crippen molar-refractivity contribution in [2.24, 2.45) is 0 Å². The molecule has 0 unspecified atom stereocenters. The van der Waals surface area contributed by atoms with Crippen molar-refractivity contribution in [1.29, 1.82) is 0 Å². The Bertz CT molecular complexity index is 675. The van der Waals surface area contributed by atoms with Gasteiger partial charge in [-0.25, -0.2) is 9.97 Å². The molecule has 2 heterocycles. The average molecular weight is 340 g/mol. The number of likely N-dealkylation sites (tertiary alicyclic amines) is 1. The van der Waals surface area contributed by atoms with Crippen LogP contribution in [0.5, 0.6) is 5.75 Å². The molecule has 1 aliphatic heterocycles. The Balaban J connectivity index is 1.67. The van der Waals surface area contributed by atoms with Gasteiger partial charge in [0.1, 0.15) is 18.2 Å². The molecule has 1 aromatic carbocycles. The molecule has 134 valence electrons. The third kappa shape index (κ3) is 4.77. The van der Waals surface area contributed by atoms with Crippen LogP contribution in [-0.2, 0) is 6.54 Å². The van der Waals surface area contributed by atoms with Gasteiger partial charge in [-0.05, 0) is 52.5 Å². The fraction of sp³-hybridized carbons (Fsp3) is 0.500. The number of para-hydroxylation sites is 1. The standard InChI is InChI=1S/C20H28N4O/c1-16-21-14-17(15-23(2)3)20(22-16)19-10-7-11-24(19)12-13-25-18-8-5-4-6-9-18/h4-6,8-9,14,19H,7,10-13,15H2,1-3H3/t19-/m1/s1. The lowest BCUT2D eigenvalue weighted by molar-refractivity contribution is 0.194. The fourth-order valence-electron chi connectivity index (χ4n) is 3.46. The highest BCUT2D eigenvalue weighted by Crippen LogP contribution is 2.32. The van der Waals surface area contributed by atoms with Gasteiger partial charge in [0, 0.05) is 24.8 Å². The van der Waals surface area contributed by atoms with E-state index in [1.165, 1.54) is 17.7 Å². The maximum absolute atomic E-state index is 5.89. The maximum Gasteiger partial charge on any atom is 0.125 e. The highest BCUT2D eigenvalue weighted by Gasteiger charge is 2.29. The Morgan fingerprint density at radius 2 is 2.04 bits per heavy atom. The predicted octanol–water partition coefficient (Wildman–Crippen LogP) is 3.06. The Hall–Kier alpha value is -1.98. The van der Waals surface area contributed by atoms with E-state index in [1.807, 2.05) is 43.5 Å². The molecule has 3 rings (SSSR count). The normalized spacial score (nSPS) is 18.0.